The van der Waals surface area contributed by atoms with Crippen LogP contribution in [0.2, 0.25) is 0 Å². The summed E-state index contributed by atoms with van der Waals surface area (Å²) in [7, 11) is 0. The van der Waals surface area contributed by atoms with Crippen LogP contribution in [0.15, 0.2) is 34.9 Å². The van der Waals surface area contributed by atoms with Crippen molar-refractivity contribution in [1.29, 1.82) is 0 Å². The first-order chi connectivity index (χ1) is 9.16. The zero-order chi connectivity index (χ0) is 13.4. The molecule has 0 aliphatic carbocycles. The maximum atomic E-state index is 12.0. The standard InChI is InChI=1S/C13H10N2O4/c1-8-6-9(14-19-8)7-18-15-12(16)10-4-2-3-5-11(10)13(15)17/h2-6H,7H2,1H3. The molecule has 0 fully saturated rings. The second-order valence-corrected chi connectivity index (χ2v) is 4.15. The lowest BCUT2D eigenvalue weighted by Crippen LogP contribution is -2.29. The molecule has 0 atom stereocenters. The largest absolute Gasteiger partial charge is 0.361 e. The first kappa shape index (κ1) is 11.6. The van der Waals surface area contributed by atoms with E-state index in [2.05, 4.69) is 5.16 Å². The van der Waals surface area contributed by atoms with E-state index in [0.717, 1.165) is 5.06 Å². The van der Waals surface area contributed by atoms with E-state index in [1.165, 1.54) is 0 Å². The normalized spacial score (nSPS) is 14.1. The number of nitrogens with zero attached hydrogens (tertiary/aromatic N) is 2. The van der Waals surface area contributed by atoms with Gasteiger partial charge in [0.2, 0.25) is 0 Å². The lowest BCUT2D eigenvalue weighted by Gasteiger charge is -2.11. The number of amides is 2. The van der Waals surface area contributed by atoms with Crippen molar-refractivity contribution in [2.75, 3.05) is 0 Å². The van der Waals surface area contributed by atoms with Gasteiger partial charge in [-0.3, -0.25) is 14.4 Å². The summed E-state index contributed by atoms with van der Waals surface area (Å²) in [4.78, 5) is 29.2. The Bertz CT molecular complexity index is 627. The highest BCUT2D eigenvalue weighted by molar-refractivity contribution is 6.20. The minimum absolute atomic E-state index is 0.00279. The van der Waals surface area contributed by atoms with Crippen molar-refractivity contribution in [2.45, 2.75) is 13.5 Å². The third-order valence-corrected chi connectivity index (χ3v) is 2.78. The first-order valence-electron chi connectivity index (χ1n) is 5.70. The maximum Gasteiger partial charge on any atom is 0.285 e. The predicted molar refractivity (Wildman–Crippen MR) is 63.0 cm³/mol. The fraction of sp³-hybridized carbons (Fsp3) is 0.154. The van der Waals surface area contributed by atoms with E-state index >= 15 is 0 Å². The van der Waals surface area contributed by atoms with Crippen LogP contribution in [-0.2, 0) is 11.4 Å². The summed E-state index contributed by atoms with van der Waals surface area (Å²) >= 11 is 0. The van der Waals surface area contributed by atoms with E-state index in [9.17, 15) is 9.59 Å². The van der Waals surface area contributed by atoms with Gasteiger partial charge in [0, 0.05) is 6.07 Å². The number of hydroxylamine groups is 2. The Morgan fingerprint density at radius 1 is 1.21 bits per heavy atom. The average molecular weight is 258 g/mol. The maximum absolute atomic E-state index is 12.0. The quantitative estimate of drug-likeness (QED) is 0.783. The highest BCUT2D eigenvalue weighted by atomic mass is 16.7. The second-order valence-electron chi connectivity index (χ2n) is 4.15. The van der Waals surface area contributed by atoms with E-state index < -0.39 is 11.8 Å². The molecular formula is C13H10N2O4. The van der Waals surface area contributed by atoms with E-state index in [1.807, 2.05) is 0 Å². The van der Waals surface area contributed by atoms with Gasteiger partial charge in [-0.1, -0.05) is 17.3 Å². The number of hydrogen-bond donors (Lipinski definition) is 0. The van der Waals surface area contributed by atoms with Gasteiger partial charge in [0.1, 0.15) is 18.1 Å². The summed E-state index contributed by atoms with van der Waals surface area (Å²) in [5, 5.41) is 4.49. The highest BCUT2D eigenvalue weighted by Gasteiger charge is 2.36. The highest BCUT2D eigenvalue weighted by Crippen LogP contribution is 2.23. The van der Waals surface area contributed by atoms with Crippen LogP contribution in [0.25, 0.3) is 0 Å². The molecule has 2 heterocycles. The van der Waals surface area contributed by atoms with Crippen molar-refractivity contribution in [1.82, 2.24) is 10.2 Å². The molecule has 1 aliphatic heterocycles. The summed E-state index contributed by atoms with van der Waals surface area (Å²) in [6, 6.07) is 8.28. The van der Waals surface area contributed by atoms with Crippen LogP contribution in [0.1, 0.15) is 32.2 Å². The van der Waals surface area contributed by atoms with Gasteiger partial charge >= 0.3 is 0 Å². The molecule has 1 aromatic heterocycles. The van der Waals surface area contributed by atoms with Gasteiger partial charge in [0.05, 0.1) is 11.1 Å². The van der Waals surface area contributed by atoms with Gasteiger partial charge in [-0.15, -0.1) is 5.06 Å². The summed E-state index contributed by atoms with van der Waals surface area (Å²) in [5.41, 5.74) is 1.22. The van der Waals surface area contributed by atoms with Crippen LogP contribution in [0, 0.1) is 6.92 Å². The summed E-state index contributed by atoms with van der Waals surface area (Å²) in [6.45, 7) is 1.75. The molecule has 0 saturated heterocycles. The molecule has 19 heavy (non-hydrogen) atoms. The van der Waals surface area contributed by atoms with Gasteiger partial charge in [0.25, 0.3) is 11.8 Å². The van der Waals surface area contributed by atoms with Crippen molar-refractivity contribution >= 4 is 11.8 Å². The molecule has 6 nitrogen and oxygen atoms in total. The van der Waals surface area contributed by atoms with Gasteiger partial charge in [0.15, 0.2) is 0 Å². The number of hydrogen-bond acceptors (Lipinski definition) is 5. The number of aryl methyl sites for hydroxylation is 1. The Labute approximate surface area is 108 Å². The molecule has 0 radical (unpaired) electrons. The van der Waals surface area contributed by atoms with E-state index in [4.69, 9.17) is 9.36 Å². The van der Waals surface area contributed by atoms with Crippen LogP contribution >= 0.6 is 0 Å². The number of benzene rings is 1. The Hall–Kier alpha value is -2.47. The van der Waals surface area contributed by atoms with Crippen molar-refractivity contribution in [3.63, 3.8) is 0 Å². The van der Waals surface area contributed by atoms with E-state index in [-0.39, 0.29) is 6.61 Å². The number of rotatable bonds is 3. The Morgan fingerprint density at radius 2 is 1.84 bits per heavy atom. The Morgan fingerprint density at radius 3 is 2.37 bits per heavy atom. The molecule has 2 amide bonds. The smallest absolute Gasteiger partial charge is 0.285 e. The molecular weight excluding hydrogens is 248 g/mol. The van der Waals surface area contributed by atoms with Gasteiger partial charge in [-0.05, 0) is 19.1 Å². The number of carbonyl (C=O) groups excluding carboxylic acids is 2. The van der Waals surface area contributed by atoms with Gasteiger partial charge in [-0.25, -0.2) is 0 Å². The van der Waals surface area contributed by atoms with Crippen LogP contribution < -0.4 is 0 Å². The predicted octanol–water partition coefficient (Wildman–Crippen LogP) is 1.71. The van der Waals surface area contributed by atoms with Crippen molar-refractivity contribution in [3.05, 3.63) is 52.9 Å². The van der Waals surface area contributed by atoms with Crippen LogP contribution in [-0.4, -0.2) is 22.0 Å². The first-order valence-corrected chi connectivity index (χ1v) is 5.70. The number of imide groups is 1. The Kier molecular flexibility index (Phi) is 2.64. The fourth-order valence-electron chi connectivity index (χ4n) is 1.90. The van der Waals surface area contributed by atoms with Crippen LogP contribution in [0.3, 0.4) is 0 Å². The molecule has 0 bridgehead atoms. The summed E-state index contributed by atoms with van der Waals surface area (Å²) in [6.07, 6.45) is 0. The SMILES string of the molecule is Cc1cc(CON2C(=O)c3ccccc3C2=O)no1. The zero-order valence-corrected chi connectivity index (χ0v) is 10.1. The number of carbonyl (C=O) groups is 2. The summed E-state index contributed by atoms with van der Waals surface area (Å²) in [5.74, 6) is -0.275. The number of fused-ring (bicyclic) bond motifs is 1. The molecule has 2 aromatic rings. The minimum atomic E-state index is -0.458. The molecule has 6 heteroatoms. The number of aromatic nitrogens is 1. The Balaban J connectivity index is 1.77. The van der Waals surface area contributed by atoms with Crippen molar-refractivity contribution in [2.24, 2.45) is 0 Å². The zero-order valence-electron chi connectivity index (χ0n) is 10.1. The van der Waals surface area contributed by atoms with Crippen LogP contribution in [0.5, 0.6) is 0 Å². The fourth-order valence-corrected chi connectivity index (χ4v) is 1.90. The lowest BCUT2D eigenvalue weighted by atomic mass is 10.1. The third-order valence-electron chi connectivity index (χ3n) is 2.78. The average Bonchev–Trinajstić information content (AvgIpc) is 2.93. The van der Waals surface area contributed by atoms with Gasteiger partial charge < -0.3 is 4.52 Å². The topological polar surface area (TPSA) is 72.6 Å². The van der Waals surface area contributed by atoms with Crippen LogP contribution in [0.4, 0.5) is 0 Å². The van der Waals surface area contributed by atoms with Gasteiger partial charge in [-0.2, -0.15) is 0 Å². The molecule has 1 aromatic carbocycles. The third kappa shape index (κ3) is 1.92. The second kappa shape index (κ2) is 4.33. The molecule has 0 saturated carbocycles. The monoisotopic (exact) mass is 258 g/mol. The molecule has 0 unspecified atom stereocenters. The van der Waals surface area contributed by atoms with E-state index in [1.54, 1.807) is 37.3 Å². The van der Waals surface area contributed by atoms with E-state index in [0.29, 0.717) is 22.6 Å². The molecule has 0 N–H and O–H groups in total. The minimum Gasteiger partial charge on any atom is -0.361 e. The summed E-state index contributed by atoms with van der Waals surface area (Å²) < 4.78 is 4.88. The molecule has 1 aliphatic rings. The van der Waals surface area contributed by atoms with Crippen molar-refractivity contribution < 1.29 is 18.9 Å². The lowest BCUT2D eigenvalue weighted by molar-refractivity contribution is -0.102. The molecule has 96 valence electrons. The molecule has 0 spiro atoms. The molecule has 3 rings (SSSR count). The van der Waals surface area contributed by atoms with Crippen molar-refractivity contribution in [3.8, 4) is 0 Å².